The summed E-state index contributed by atoms with van der Waals surface area (Å²) in [7, 11) is 0. The van der Waals surface area contributed by atoms with E-state index in [0.29, 0.717) is 12.6 Å². The summed E-state index contributed by atoms with van der Waals surface area (Å²) in [5, 5.41) is 0. The van der Waals surface area contributed by atoms with Gasteiger partial charge in [0.05, 0.1) is 0 Å². The smallest absolute Gasteiger partial charge is 0.238 e. The monoisotopic (exact) mass is 349 g/mol. The van der Waals surface area contributed by atoms with Gasteiger partial charge < -0.3 is 4.90 Å². The third-order valence-corrected chi connectivity index (χ3v) is 4.00. The molecule has 0 spiro atoms. The van der Waals surface area contributed by atoms with Crippen LogP contribution >= 0.6 is 34.2 Å². The number of amides is 1. The number of halogens is 2. The van der Waals surface area contributed by atoms with E-state index in [2.05, 4.69) is 34.7 Å². The largest absolute Gasteiger partial charge is 0.334 e. The molecule has 1 aliphatic rings. The molecule has 0 unspecified atom stereocenters. The highest BCUT2D eigenvalue weighted by atomic mass is 127. The molecule has 16 heavy (non-hydrogen) atoms. The van der Waals surface area contributed by atoms with E-state index in [9.17, 15) is 4.79 Å². The van der Waals surface area contributed by atoms with Crippen LogP contribution in [0.2, 0.25) is 0 Å². The topological polar surface area (TPSA) is 20.3 Å². The van der Waals surface area contributed by atoms with Gasteiger partial charge in [-0.25, -0.2) is 0 Å². The molecule has 2 nitrogen and oxygen atoms in total. The van der Waals surface area contributed by atoms with Gasteiger partial charge in [0.1, 0.15) is 5.88 Å². The van der Waals surface area contributed by atoms with Gasteiger partial charge in [-0.2, -0.15) is 0 Å². The summed E-state index contributed by atoms with van der Waals surface area (Å²) in [6.45, 7) is 0.690. The molecule has 0 radical (unpaired) electrons. The molecule has 1 aromatic rings. The highest BCUT2D eigenvalue weighted by Crippen LogP contribution is 2.29. The maximum atomic E-state index is 11.7. The van der Waals surface area contributed by atoms with E-state index in [1.165, 1.54) is 9.13 Å². The van der Waals surface area contributed by atoms with Gasteiger partial charge in [-0.1, -0.05) is 18.2 Å². The Bertz CT molecular complexity index is 392. The molecule has 0 saturated heterocycles. The van der Waals surface area contributed by atoms with Crippen molar-refractivity contribution in [2.45, 2.75) is 25.4 Å². The quantitative estimate of drug-likeness (QED) is 0.604. The average molecular weight is 350 g/mol. The van der Waals surface area contributed by atoms with Crippen molar-refractivity contribution in [3.05, 3.63) is 33.4 Å². The normalized spacial score (nSPS) is 14.9. The van der Waals surface area contributed by atoms with Crippen molar-refractivity contribution in [2.24, 2.45) is 0 Å². The third kappa shape index (κ3) is 2.88. The fraction of sp³-hybridized carbons (Fsp3) is 0.417. The Morgan fingerprint density at radius 3 is 2.69 bits per heavy atom. The molecule has 1 saturated carbocycles. The molecule has 0 heterocycles. The average Bonchev–Trinajstić information content (AvgIpc) is 3.11. The summed E-state index contributed by atoms with van der Waals surface area (Å²) in [6.07, 6.45) is 2.23. The minimum absolute atomic E-state index is 0.0452. The van der Waals surface area contributed by atoms with Crippen LogP contribution in [0.3, 0.4) is 0 Å². The molecule has 1 aromatic carbocycles. The molecule has 0 bridgehead atoms. The van der Waals surface area contributed by atoms with Crippen molar-refractivity contribution in [1.82, 2.24) is 4.90 Å². The molecular formula is C12H13ClINO. The molecule has 0 aliphatic heterocycles. The first-order valence-electron chi connectivity index (χ1n) is 5.31. The fourth-order valence-electron chi connectivity index (χ4n) is 1.69. The van der Waals surface area contributed by atoms with Gasteiger partial charge in [0.2, 0.25) is 5.91 Å². The van der Waals surface area contributed by atoms with Crippen LogP contribution in [0.5, 0.6) is 0 Å². The number of rotatable bonds is 4. The highest BCUT2D eigenvalue weighted by molar-refractivity contribution is 14.1. The molecule has 4 heteroatoms. The van der Waals surface area contributed by atoms with Gasteiger partial charge in [-0.15, -0.1) is 11.6 Å². The molecule has 1 aliphatic carbocycles. The summed E-state index contributed by atoms with van der Waals surface area (Å²) >= 11 is 7.93. The maximum absolute atomic E-state index is 11.7. The van der Waals surface area contributed by atoms with E-state index in [0.717, 1.165) is 12.8 Å². The zero-order valence-corrected chi connectivity index (χ0v) is 11.7. The second-order valence-electron chi connectivity index (χ2n) is 3.98. The maximum Gasteiger partial charge on any atom is 0.238 e. The van der Waals surface area contributed by atoms with E-state index in [4.69, 9.17) is 11.6 Å². The van der Waals surface area contributed by atoms with Gasteiger partial charge in [0.15, 0.2) is 0 Å². The second kappa shape index (κ2) is 5.36. The van der Waals surface area contributed by atoms with Crippen molar-refractivity contribution in [2.75, 3.05) is 5.88 Å². The van der Waals surface area contributed by atoms with Crippen molar-refractivity contribution < 1.29 is 4.79 Å². The number of carbonyl (C=O) groups is 1. The lowest BCUT2D eigenvalue weighted by Crippen LogP contribution is -2.33. The van der Waals surface area contributed by atoms with E-state index in [1.54, 1.807) is 0 Å². The molecule has 1 amide bonds. The van der Waals surface area contributed by atoms with Crippen molar-refractivity contribution in [1.29, 1.82) is 0 Å². The summed E-state index contributed by atoms with van der Waals surface area (Å²) in [4.78, 5) is 13.6. The number of alkyl halides is 1. The van der Waals surface area contributed by atoms with E-state index < -0.39 is 0 Å². The molecule has 1 fully saturated rings. The Kier molecular flexibility index (Phi) is 4.08. The Balaban J connectivity index is 2.11. The number of carbonyl (C=O) groups excluding carboxylic acids is 1. The zero-order chi connectivity index (χ0) is 11.5. The van der Waals surface area contributed by atoms with E-state index >= 15 is 0 Å². The van der Waals surface area contributed by atoms with E-state index in [1.807, 2.05) is 17.0 Å². The van der Waals surface area contributed by atoms with Crippen LogP contribution < -0.4 is 0 Å². The standard InChI is InChI=1S/C12H13ClINO/c13-7-12(16)15(10-5-6-10)8-9-3-1-2-4-11(9)14/h1-4,10H,5-8H2. The van der Waals surface area contributed by atoms with Crippen LogP contribution in [0.1, 0.15) is 18.4 Å². The van der Waals surface area contributed by atoms with Crippen molar-refractivity contribution >= 4 is 40.1 Å². The molecule has 0 aromatic heterocycles. The minimum atomic E-state index is 0.0452. The summed E-state index contributed by atoms with van der Waals surface area (Å²) in [5.74, 6) is 0.128. The van der Waals surface area contributed by atoms with Crippen LogP contribution in [-0.2, 0) is 11.3 Å². The van der Waals surface area contributed by atoms with E-state index in [-0.39, 0.29) is 11.8 Å². The lowest BCUT2D eigenvalue weighted by Gasteiger charge is -2.22. The van der Waals surface area contributed by atoms with Crippen LogP contribution in [0.15, 0.2) is 24.3 Å². The first-order valence-corrected chi connectivity index (χ1v) is 6.92. The highest BCUT2D eigenvalue weighted by Gasteiger charge is 2.32. The zero-order valence-electron chi connectivity index (χ0n) is 8.83. The minimum Gasteiger partial charge on any atom is -0.334 e. The SMILES string of the molecule is O=C(CCl)N(Cc1ccccc1I)C1CC1. The lowest BCUT2D eigenvalue weighted by molar-refractivity contribution is -0.129. The lowest BCUT2D eigenvalue weighted by atomic mass is 10.2. The van der Waals surface area contributed by atoms with Crippen LogP contribution in [0.4, 0.5) is 0 Å². The van der Waals surface area contributed by atoms with Gasteiger partial charge in [0.25, 0.3) is 0 Å². The Labute approximate surface area is 114 Å². The number of benzene rings is 1. The molecule has 2 rings (SSSR count). The van der Waals surface area contributed by atoms with Gasteiger partial charge >= 0.3 is 0 Å². The van der Waals surface area contributed by atoms with Crippen molar-refractivity contribution in [3.63, 3.8) is 0 Å². The molecule has 0 atom stereocenters. The molecule has 86 valence electrons. The third-order valence-electron chi connectivity index (χ3n) is 2.72. The molecule has 0 N–H and O–H groups in total. The first-order chi connectivity index (χ1) is 7.72. The fourth-order valence-corrected chi connectivity index (χ4v) is 2.41. The van der Waals surface area contributed by atoms with Crippen molar-refractivity contribution in [3.8, 4) is 0 Å². The Morgan fingerprint density at radius 2 is 2.12 bits per heavy atom. The predicted molar refractivity (Wildman–Crippen MR) is 73.5 cm³/mol. The predicted octanol–water partition coefficient (Wildman–Crippen LogP) is 3.02. The Morgan fingerprint density at radius 1 is 1.44 bits per heavy atom. The summed E-state index contributed by atoms with van der Waals surface area (Å²) in [5.41, 5.74) is 1.20. The van der Waals surface area contributed by atoms with Crippen LogP contribution in [0, 0.1) is 3.57 Å². The second-order valence-corrected chi connectivity index (χ2v) is 5.41. The summed E-state index contributed by atoms with van der Waals surface area (Å²) < 4.78 is 1.20. The van der Waals surface area contributed by atoms with Gasteiger partial charge in [-0.3, -0.25) is 4.79 Å². The number of hydrogen-bond donors (Lipinski definition) is 0. The molecular weight excluding hydrogens is 336 g/mol. The van der Waals surface area contributed by atoms with Gasteiger partial charge in [-0.05, 0) is 47.1 Å². The first kappa shape index (κ1) is 12.2. The number of hydrogen-bond acceptors (Lipinski definition) is 1. The van der Waals surface area contributed by atoms with Crippen LogP contribution in [0.25, 0.3) is 0 Å². The number of nitrogens with zero attached hydrogens (tertiary/aromatic N) is 1. The van der Waals surface area contributed by atoms with Gasteiger partial charge in [0, 0.05) is 16.2 Å². The Hall–Kier alpha value is -0.290. The van der Waals surface area contributed by atoms with Crippen LogP contribution in [-0.4, -0.2) is 22.7 Å². The summed E-state index contributed by atoms with van der Waals surface area (Å²) in [6, 6.07) is 8.57.